The molecule has 0 saturated carbocycles. The van der Waals surface area contributed by atoms with Crippen molar-refractivity contribution in [1.29, 1.82) is 0 Å². The van der Waals surface area contributed by atoms with Crippen LogP contribution in [0.25, 0.3) is 10.9 Å². The van der Waals surface area contributed by atoms with E-state index in [0.29, 0.717) is 5.56 Å². The first-order valence-corrected chi connectivity index (χ1v) is 10.8. The quantitative estimate of drug-likeness (QED) is 0.400. The largest absolute Gasteiger partial charge is 0.416 e. The summed E-state index contributed by atoms with van der Waals surface area (Å²) in [5.41, 5.74) is 0.749. The van der Waals surface area contributed by atoms with Crippen LogP contribution in [-0.4, -0.2) is 18.2 Å². The van der Waals surface area contributed by atoms with Crippen LogP contribution in [0, 0.1) is 0 Å². The normalized spacial score (nSPS) is 13.6. The van der Waals surface area contributed by atoms with Gasteiger partial charge >= 0.3 is 13.8 Å². The summed E-state index contributed by atoms with van der Waals surface area (Å²) in [7, 11) is -3.76. The van der Waals surface area contributed by atoms with Crippen LogP contribution in [0.5, 0.6) is 0 Å². The summed E-state index contributed by atoms with van der Waals surface area (Å²) in [6.45, 7) is 3.62. The number of fused-ring (bicyclic) bond motifs is 1. The maximum atomic E-state index is 13.6. The molecule has 2 N–H and O–H groups in total. The third-order valence-corrected chi connectivity index (χ3v) is 6.62. The number of nitrogens with one attached hydrogen (secondary N) is 2. The zero-order chi connectivity index (χ0) is 21.1. The zero-order valence-electron chi connectivity index (χ0n) is 16.0. The number of anilines is 1. The van der Waals surface area contributed by atoms with Crippen LogP contribution in [-0.2, 0) is 19.8 Å². The minimum Gasteiger partial charge on any atom is -0.368 e. The average Bonchev–Trinajstić information content (AvgIpc) is 3.10. The first-order valence-electron chi connectivity index (χ1n) is 9.17. The fraction of sp³-hybridized carbons (Fsp3) is 0.300. The number of para-hydroxylation sites is 1. The van der Waals surface area contributed by atoms with Crippen molar-refractivity contribution in [3.63, 3.8) is 0 Å². The van der Waals surface area contributed by atoms with Crippen molar-refractivity contribution >= 4 is 24.2 Å². The fourth-order valence-corrected chi connectivity index (χ4v) is 5.09. The van der Waals surface area contributed by atoms with Crippen LogP contribution in [0.2, 0.25) is 0 Å². The van der Waals surface area contributed by atoms with Crippen LogP contribution >= 0.6 is 7.60 Å². The minimum absolute atomic E-state index is 0.125. The molecule has 0 saturated heterocycles. The number of alkyl halides is 3. The molecule has 0 aliphatic carbocycles. The number of aromatic amines is 1. The van der Waals surface area contributed by atoms with Gasteiger partial charge in [-0.25, -0.2) is 0 Å². The van der Waals surface area contributed by atoms with Gasteiger partial charge in [-0.05, 0) is 38.1 Å². The van der Waals surface area contributed by atoms with Gasteiger partial charge in [-0.15, -0.1) is 0 Å². The standard InChI is InChI=1S/C20H22F3N2O3P/c1-3-27-29(26,28-4-2)19(17-13-24-18-11-6-5-10-16(17)18)25-15-9-7-8-14(12-15)20(21,22)23/h5-13,19,24-25H,3-4H2,1-2H3. The highest BCUT2D eigenvalue weighted by atomic mass is 31.2. The maximum absolute atomic E-state index is 13.6. The lowest BCUT2D eigenvalue weighted by Crippen LogP contribution is -2.15. The molecule has 0 aliphatic rings. The third kappa shape index (κ3) is 4.66. The van der Waals surface area contributed by atoms with Gasteiger partial charge in [-0.3, -0.25) is 4.57 Å². The Morgan fingerprint density at radius 2 is 1.76 bits per heavy atom. The Hall–Kier alpha value is -2.28. The molecule has 0 radical (unpaired) electrons. The van der Waals surface area contributed by atoms with E-state index in [2.05, 4.69) is 10.3 Å². The molecule has 0 bridgehead atoms. The highest BCUT2D eigenvalue weighted by Crippen LogP contribution is 2.61. The Labute approximate surface area is 166 Å². The van der Waals surface area contributed by atoms with Crippen LogP contribution < -0.4 is 5.32 Å². The van der Waals surface area contributed by atoms with E-state index in [1.54, 1.807) is 20.0 Å². The van der Waals surface area contributed by atoms with Crippen LogP contribution in [0.15, 0.2) is 54.7 Å². The van der Waals surface area contributed by atoms with E-state index < -0.39 is 25.1 Å². The minimum atomic E-state index is -4.49. The molecule has 9 heteroatoms. The summed E-state index contributed by atoms with van der Waals surface area (Å²) in [6.07, 6.45) is -2.82. The molecule has 156 valence electrons. The molecule has 0 amide bonds. The Kier molecular flexibility index (Phi) is 6.36. The molecule has 1 heterocycles. The lowest BCUT2D eigenvalue weighted by molar-refractivity contribution is -0.137. The smallest absolute Gasteiger partial charge is 0.368 e. The van der Waals surface area contributed by atoms with Crippen molar-refractivity contribution in [3.05, 3.63) is 65.9 Å². The zero-order valence-corrected chi connectivity index (χ0v) is 16.9. The summed E-state index contributed by atoms with van der Waals surface area (Å²) in [6, 6.07) is 12.1. The van der Waals surface area contributed by atoms with Crippen molar-refractivity contribution in [3.8, 4) is 0 Å². The van der Waals surface area contributed by atoms with Crippen molar-refractivity contribution in [2.75, 3.05) is 18.5 Å². The number of rotatable bonds is 8. The van der Waals surface area contributed by atoms with E-state index >= 15 is 0 Å². The number of hydrogen-bond acceptors (Lipinski definition) is 4. The van der Waals surface area contributed by atoms with Crippen molar-refractivity contribution < 1.29 is 26.8 Å². The van der Waals surface area contributed by atoms with Gasteiger partial charge in [-0.2, -0.15) is 13.2 Å². The maximum Gasteiger partial charge on any atom is 0.416 e. The molecule has 3 aromatic rings. The predicted molar refractivity (Wildman–Crippen MR) is 107 cm³/mol. The van der Waals surface area contributed by atoms with Gasteiger partial charge in [0, 0.05) is 28.4 Å². The Morgan fingerprint density at radius 1 is 1.07 bits per heavy atom. The molecule has 1 atom stereocenters. The lowest BCUT2D eigenvalue weighted by atomic mass is 10.1. The molecule has 0 fully saturated rings. The van der Waals surface area contributed by atoms with E-state index in [0.717, 1.165) is 23.0 Å². The first kappa shape index (κ1) is 21.4. The Balaban J connectivity index is 2.10. The van der Waals surface area contributed by atoms with Gasteiger partial charge in [0.05, 0.1) is 18.8 Å². The molecule has 0 spiro atoms. The van der Waals surface area contributed by atoms with Crippen molar-refractivity contribution in [1.82, 2.24) is 4.98 Å². The van der Waals surface area contributed by atoms with Gasteiger partial charge in [0.2, 0.25) is 0 Å². The Bertz CT molecular complexity index is 1010. The number of benzene rings is 2. The molecule has 0 aliphatic heterocycles. The van der Waals surface area contributed by atoms with Crippen LogP contribution in [0.4, 0.5) is 18.9 Å². The molecule has 29 heavy (non-hydrogen) atoms. The molecule has 3 rings (SSSR count). The van der Waals surface area contributed by atoms with Crippen LogP contribution in [0.1, 0.15) is 30.8 Å². The molecular weight excluding hydrogens is 404 g/mol. The topological polar surface area (TPSA) is 63.4 Å². The van der Waals surface area contributed by atoms with Gasteiger partial charge in [0.15, 0.2) is 5.78 Å². The molecule has 5 nitrogen and oxygen atoms in total. The van der Waals surface area contributed by atoms with E-state index in [9.17, 15) is 17.7 Å². The van der Waals surface area contributed by atoms with Gasteiger partial charge in [0.1, 0.15) is 0 Å². The molecule has 1 unspecified atom stereocenters. The summed E-state index contributed by atoms with van der Waals surface area (Å²) < 4.78 is 64.0. The summed E-state index contributed by atoms with van der Waals surface area (Å²) in [5, 5.41) is 3.74. The monoisotopic (exact) mass is 426 g/mol. The second-order valence-corrected chi connectivity index (χ2v) is 8.40. The second-order valence-electron chi connectivity index (χ2n) is 6.29. The number of halogens is 3. The third-order valence-electron chi connectivity index (χ3n) is 4.34. The Morgan fingerprint density at radius 3 is 2.41 bits per heavy atom. The van der Waals surface area contributed by atoms with E-state index in [-0.39, 0.29) is 18.9 Å². The SMILES string of the molecule is CCOP(=O)(OCC)C(Nc1cccc(C(F)(F)F)c1)c1c[nH]c2ccccc12. The highest BCUT2D eigenvalue weighted by Gasteiger charge is 2.39. The number of aromatic nitrogens is 1. The highest BCUT2D eigenvalue weighted by molar-refractivity contribution is 7.54. The number of H-pyrrole nitrogens is 1. The second kappa shape index (κ2) is 8.61. The first-order chi connectivity index (χ1) is 13.8. The molecular formula is C20H22F3N2O3P. The summed E-state index contributed by atoms with van der Waals surface area (Å²) in [5.74, 6) is -0.998. The van der Waals surface area contributed by atoms with Crippen molar-refractivity contribution in [2.45, 2.75) is 25.8 Å². The van der Waals surface area contributed by atoms with Gasteiger partial charge in [-0.1, -0.05) is 24.3 Å². The van der Waals surface area contributed by atoms with Gasteiger partial charge in [0.25, 0.3) is 0 Å². The number of hydrogen-bond donors (Lipinski definition) is 2. The summed E-state index contributed by atoms with van der Waals surface area (Å²) in [4.78, 5) is 3.09. The molecule has 2 aromatic carbocycles. The lowest BCUT2D eigenvalue weighted by Gasteiger charge is -2.28. The van der Waals surface area contributed by atoms with Gasteiger partial charge < -0.3 is 19.3 Å². The van der Waals surface area contributed by atoms with Crippen molar-refractivity contribution in [2.24, 2.45) is 0 Å². The molecule has 1 aromatic heterocycles. The fourth-order valence-electron chi connectivity index (χ4n) is 3.14. The van der Waals surface area contributed by atoms with E-state index in [1.165, 1.54) is 12.1 Å². The van der Waals surface area contributed by atoms with E-state index in [4.69, 9.17) is 9.05 Å². The average molecular weight is 426 g/mol. The summed E-state index contributed by atoms with van der Waals surface area (Å²) >= 11 is 0. The van der Waals surface area contributed by atoms with E-state index in [1.807, 2.05) is 24.3 Å². The van der Waals surface area contributed by atoms with Crippen LogP contribution in [0.3, 0.4) is 0 Å². The predicted octanol–water partition coefficient (Wildman–Crippen LogP) is 6.56.